The third-order valence-corrected chi connectivity index (χ3v) is 11.7. The molecule has 0 spiro atoms. The average Bonchev–Trinajstić information content (AvgIpc) is 3.53. The van der Waals surface area contributed by atoms with E-state index in [1.165, 1.54) is 19.0 Å². The summed E-state index contributed by atoms with van der Waals surface area (Å²) in [6.45, 7) is 11.6. The molecular weight excluding hydrogens is 640 g/mol. The Morgan fingerprint density at radius 1 is 1.18 bits per heavy atom. The number of phenols is 1. The van der Waals surface area contributed by atoms with Crippen molar-refractivity contribution in [2.75, 3.05) is 58.3 Å². The molecule has 1 aliphatic carbocycles. The van der Waals surface area contributed by atoms with Crippen molar-refractivity contribution in [1.82, 2.24) is 29.7 Å². The summed E-state index contributed by atoms with van der Waals surface area (Å²) in [5.74, 6) is 0.0583. The van der Waals surface area contributed by atoms with Crippen LogP contribution in [-0.2, 0) is 4.79 Å². The Morgan fingerprint density at radius 2 is 1.96 bits per heavy atom. The third-order valence-electron chi connectivity index (χ3n) is 11.7. The number of alkyl halides is 1. The second kappa shape index (κ2) is 13.7. The minimum Gasteiger partial charge on any atom is -0.508 e. The molecule has 268 valence electrons. The first-order valence-electron chi connectivity index (χ1n) is 18.0. The van der Waals surface area contributed by atoms with E-state index >= 15 is 4.39 Å². The fourth-order valence-corrected chi connectivity index (χ4v) is 8.29. The molecule has 1 N–H and O–H groups in total. The number of rotatable bonds is 8. The van der Waals surface area contributed by atoms with Crippen molar-refractivity contribution in [3.8, 4) is 23.0 Å². The monoisotopic (exact) mass is 689 g/mol. The molecule has 5 fully saturated rings. The first-order chi connectivity index (χ1) is 24.0. The van der Waals surface area contributed by atoms with E-state index in [0.717, 1.165) is 49.4 Å². The molecule has 4 aliphatic heterocycles. The van der Waals surface area contributed by atoms with Gasteiger partial charge >= 0.3 is 6.01 Å². The van der Waals surface area contributed by atoms with E-state index in [-0.39, 0.29) is 41.5 Å². The number of carbonyl (C=O) groups is 1. The van der Waals surface area contributed by atoms with Crippen LogP contribution in [0.2, 0.25) is 0 Å². The molecule has 4 saturated heterocycles. The Bertz CT molecular complexity index is 1780. The molecule has 12 heteroatoms. The van der Waals surface area contributed by atoms with E-state index in [9.17, 15) is 14.3 Å². The van der Waals surface area contributed by atoms with Gasteiger partial charge < -0.3 is 24.5 Å². The molecule has 0 radical (unpaired) electrons. The van der Waals surface area contributed by atoms with Crippen molar-refractivity contribution in [2.24, 2.45) is 0 Å². The number of ether oxygens (including phenoxy) is 1. The molecule has 6 heterocycles. The second-order valence-corrected chi connectivity index (χ2v) is 15.0. The highest BCUT2D eigenvalue weighted by atomic mass is 19.1. The number of amides is 1. The van der Waals surface area contributed by atoms with E-state index in [1.807, 2.05) is 18.9 Å². The number of nitrogens with zero attached hydrogens (tertiary/aromatic N) is 7. The van der Waals surface area contributed by atoms with Gasteiger partial charge in [0, 0.05) is 56.9 Å². The van der Waals surface area contributed by atoms with Crippen LogP contribution in [0.4, 0.5) is 14.6 Å². The Morgan fingerprint density at radius 3 is 2.64 bits per heavy atom. The maximum absolute atomic E-state index is 16.7. The first-order valence-corrected chi connectivity index (χ1v) is 18.0. The molecule has 10 nitrogen and oxygen atoms in total. The van der Waals surface area contributed by atoms with Gasteiger partial charge in [-0.25, -0.2) is 8.78 Å². The van der Waals surface area contributed by atoms with E-state index in [2.05, 4.69) is 40.3 Å². The number of likely N-dealkylation sites (tertiary alicyclic amines) is 2. The predicted molar refractivity (Wildman–Crippen MR) is 190 cm³/mol. The quantitative estimate of drug-likeness (QED) is 0.303. The standard InChI is InChI=1S/C33H38F2N6O3.C5H11N/c1-4-26(43)40-11-8-22(17-40)39(3)31-25-15-36-29(24-13-23(42)12-19(2)27(24)20-6-7-20)28(35)30(25)37-32(38-31)44-18-33-9-5-10-41(33)16-21(34)14-33;1-5-3-4-6(5)2/h4,12-13,15,20-22,42H,1,5-11,14,16-18H2,2-3H3;5H,3-4H2,1-2H3. The number of aromatic hydroxyl groups is 1. The van der Waals surface area contributed by atoms with Crippen LogP contribution in [0.1, 0.15) is 68.9 Å². The van der Waals surface area contributed by atoms with Gasteiger partial charge in [0.25, 0.3) is 0 Å². The molecular formula is C38H49F2N7O3. The number of aryl methyl sites for hydroxylation is 1. The van der Waals surface area contributed by atoms with Crippen LogP contribution in [0.5, 0.6) is 11.8 Å². The largest absolute Gasteiger partial charge is 0.508 e. The summed E-state index contributed by atoms with van der Waals surface area (Å²) in [5.41, 5.74) is 2.24. The predicted octanol–water partition coefficient (Wildman–Crippen LogP) is 5.61. The average molecular weight is 690 g/mol. The molecule has 50 heavy (non-hydrogen) atoms. The van der Waals surface area contributed by atoms with Crippen molar-refractivity contribution < 1.29 is 23.4 Å². The maximum atomic E-state index is 16.7. The SMILES string of the molecule is C=CC(=O)N1CCC(N(C)c2nc(OCC34CCCN3CC(F)C4)nc3c(F)c(-c4cc(O)cc(C)c4C4CC4)ncc23)C1.CC1CCN1C. The van der Waals surface area contributed by atoms with Crippen LogP contribution in [0.25, 0.3) is 22.2 Å². The van der Waals surface area contributed by atoms with Gasteiger partial charge in [-0.15, -0.1) is 0 Å². The van der Waals surface area contributed by atoms with Crippen LogP contribution in [0.15, 0.2) is 31.0 Å². The normalized spacial score (nSPS) is 26.4. The number of carbonyl (C=O) groups excluding carboxylic acids is 1. The fraction of sp³-hybridized carbons (Fsp3) is 0.579. The van der Waals surface area contributed by atoms with Gasteiger partial charge in [-0.1, -0.05) is 6.58 Å². The summed E-state index contributed by atoms with van der Waals surface area (Å²) in [7, 11) is 4.03. The molecule has 4 unspecified atom stereocenters. The molecule has 0 bridgehead atoms. The van der Waals surface area contributed by atoms with Gasteiger partial charge in [-0.3, -0.25) is 14.7 Å². The van der Waals surface area contributed by atoms with Crippen LogP contribution < -0.4 is 9.64 Å². The van der Waals surface area contributed by atoms with Crippen molar-refractivity contribution in [3.05, 3.63) is 47.9 Å². The Hall–Kier alpha value is -3.90. The highest BCUT2D eigenvalue weighted by Crippen LogP contribution is 2.48. The summed E-state index contributed by atoms with van der Waals surface area (Å²) in [5, 5.41) is 10.9. The molecule has 8 rings (SSSR count). The van der Waals surface area contributed by atoms with Crippen molar-refractivity contribution in [2.45, 2.75) is 88.5 Å². The van der Waals surface area contributed by atoms with E-state index in [0.29, 0.717) is 55.2 Å². The zero-order chi connectivity index (χ0) is 35.3. The third kappa shape index (κ3) is 6.52. The van der Waals surface area contributed by atoms with E-state index < -0.39 is 17.5 Å². The smallest absolute Gasteiger partial charge is 0.319 e. The van der Waals surface area contributed by atoms with Gasteiger partial charge in [0.15, 0.2) is 5.82 Å². The van der Waals surface area contributed by atoms with Crippen LogP contribution in [-0.4, -0.2) is 118 Å². The zero-order valence-corrected chi connectivity index (χ0v) is 29.7. The van der Waals surface area contributed by atoms with E-state index in [4.69, 9.17) is 9.72 Å². The number of hydrogen-bond donors (Lipinski definition) is 1. The highest BCUT2D eigenvalue weighted by Gasteiger charge is 2.49. The highest BCUT2D eigenvalue weighted by molar-refractivity contribution is 5.92. The Kier molecular flexibility index (Phi) is 9.44. The maximum Gasteiger partial charge on any atom is 0.319 e. The van der Waals surface area contributed by atoms with Gasteiger partial charge in [0.1, 0.15) is 35.6 Å². The molecule has 2 aromatic heterocycles. The lowest BCUT2D eigenvalue weighted by atomic mass is 9.94. The van der Waals surface area contributed by atoms with E-state index in [1.54, 1.807) is 23.2 Å². The van der Waals surface area contributed by atoms with Crippen molar-refractivity contribution >= 4 is 22.6 Å². The summed E-state index contributed by atoms with van der Waals surface area (Å²) in [6.07, 6.45) is 8.31. The molecule has 1 saturated carbocycles. The van der Waals surface area contributed by atoms with Crippen LogP contribution >= 0.6 is 0 Å². The number of aromatic nitrogens is 3. The summed E-state index contributed by atoms with van der Waals surface area (Å²) >= 11 is 0. The number of halogens is 2. The Labute approximate surface area is 293 Å². The molecule has 5 aliphatic rings. The van der Waals surface area contributed by atoms with Crippen LogP contribution in [0.3, 0.4) is 0 Å². The number of fused-ring (bicyclic) bond motifs is 2. The number of anilines is 1. The lowest BCUT2D eigenvalue weighted by Gasteiger charge is -2.34. The minimum atomic E-state index is -0.904. The molecule has 1 aromatic carbocycles. The number of pyridine rings is 1. The van der Waals surface area contributed by atoms with Gasteiger partial charge in [0.2, 0.25) is 5.91 Å². The number of likely N-dealkylation sites (N-methyl/N-ethyl adjacent to an activating group) is 1. The van der Waals surface area contributed by atoms with Gasteiger partial charge in [0.05, 0.1) is 10.9 Å². The second-order valence-electron chi connectivity index (χ2n) is 15.0. The lowest BCUT2D eigenvalue weighted by molar-refractivity contribution is -0.125. The molecule has 1 amide bonds. The summed E-state index contributed by atoms with van der Waals surface area (Å²) in [4.78, 5) is 34.4. The minimum absolute atomic E-state index is 0.0189. The molecule has 4 atom stereocenters. The van der Waals surface area contributed by atoms with Gasteiger partial charge in [-0.2, -0.15) is 9.97 Å². The zero-order valence-electron chi connectivity index (χ0n) is 29.7. The topological polar surface area (TPSA) is 98.2 Å². The number of phenolic OH excluding ortho intramolecular Hbond substituents is 1. The molecule has 3 aromatic rings. The summed E-state index contributed by atoms with van der Waals surface area (Å²) in [6, 6.07) is 4.09. The first kappa shape index (κ1) is 34.5. The Balaban J connectivity index is 0.000000593. The number of hydrogen-bond acceptors (Lipinski definition) is 9. The fourth-order valence-electron chi connectivity index (χ4n) is 8.29. The van der Waals surface area contributed by atoms with Crippen molar-refractivity contribution in [1.29, 1.82) is 0 Å². The van der Waals surface area contributed by atoms with Crippen molar-refractivity contribution in [3.63, 3.8) is 0 Å². The van der Waals surface area contributed by atoms with Gasteiger partial charge in [-0.05, 0) is 108 Å². The summed E-state index contributed by atoms with van der Waals surface area (Å²) < 4.78 is 37.3. The number of benzene rings is 1. The lowest BCUT2D eigenvalue weighted by Crippen LogP contribution is -2.43. The van der Waals surface area contributed by atoms with Crippen LogP contribution in [0, 0.1) is 12.7 Å².